The topological polar surface area (TPSA) is 44.5 Å². The summed E-state index contributed by atoms with van der Waals surface area (Å²) in [7, 11) is 0. The quantitative estimate of drug-likeness (QED) is 0.846. The molecule has 110 valence electrons. The lowest BCUT2D eigenvalue weighted by Gasteiger charge is -2.38. The van der Waals surface area contributed by atoms with Crippen molar-refractivity contribution in [3.05, 3.63) is 23.8 Å². The van der Waals surface area contributed by atoms with Gasteiger partial charge in [0.2, 0.25) is 0 Å². The molecule has 1 spiro atoms. The lowest BCUT2D eigenvalue weighted by molar-refractivity contribution is 0.0424. The molecule has 2 aliphatic rings. The first-order valence-electron chi connectivity index (χ1n) is 7.94. The van der Waals surface area contributed by atoms with Gasteiger partial charge in [0.05, 0.1) is 6.61 Å². The van der Waals surface area contributed by atoms with Crippen molar-refractivity contribution in [2.75, 3.05) is 6.61 Å². The molecular weight excluding hydrogens is 250 g/mol. The van der Waals surface area contributed by atoms with Crippen LogP contribution in [0.3, 0.4) is 0 Å². The standard InChI is InChI=1S/C17H25NO2/c1-2-3-10-19-13-6-7-16-14(11-13)15(18)12-17(20-16)8-4-5-9-17/h6-7,11,15H,2-5,8-10,12,18H2,1H3. The number of unbranched alkanes of at least 4 members (excludes halogenated alkanes) is 1. The first kappa shape index (κ1) is 13.7. The molecule has 1 saturated carbocycles. The normalized spacial score (nSPS) is 23.4. The average molecular weight is 275 g/mol. The summed E-state index contributed by atoms with van der Waals surface area (Å²) in [4.78, 5) is 0. The van der Waals surface area contributed by atoms with E-state index in [1.807, 2.05) is 12.1 Å². The molecule has 0 amide bonds. The van der Waals surface area contributed by atoms with Crippen molar-refractivity contribution in [3.8, 4) is 11.5 Å². The molecule has 3 nitrogen and oxygen atoms in total. The van der Waals surface area contributed by atoms with E-state index in [9.17, 15) is 0 Å². The molecule has 1 aromatic carbocycles. The lowest BCUT2D eigenvalue weighted by Crippen LogP contribution is -2.40. The zero-order valence-electron chi connectivity index (χ0n) is 12.4. The summed E-state index contributed by atoms with van der Waals surface area (Å²) in [6.07, 6.45) is 8.00. The second kappa shape index (κ2) is 5.65. The van der Waals surface area contributed by atoms with E-state index < -0.39 is 0 Å². The molecule has 1 aromatic rings. The van der Waals surface area contributed by atoms with E-state index in [0.717, 1.165) is 55.8 Å². The van der Waals surface area contributed by atoms with Gasteiger partial charge in [-0.25, -0.2) is 0 Å². The van der Waals surface area contributed by atoms with Gasteiger partial charge in [0.1, 0.15) is 17.1 Å². The summed E-state index contributed by atoms with van der Waals surface area (Å²) < 4.78 is 12.1. The number of hydrogen-bond acceptors (Lipinski definition) is 3. The molecule has 1 heterocycles. The van der Waals surface area contributed by atoms with Gasteiger partial charge >= 0.3 is 0 Å². The van der Waals surface area contributed by atoms with E-state index in [0.29, 0.717) is 0 Å². The van der Waals surface area contributed by atoms with Crippen LogP contribution in [0.15, 0.2) is 18.2 Å². The van der Waals surface area contributed by atoms with Gasteiger partial charge in [-0.05, 0) is 50.3 Å². The Morgan fingerprint density at radius 1 is 1.35 bits per heavy atom. The van der Waals surface area contributed by atoms with Crippen molar-refractivity contribution in [2.45, 2.75) is 63.5 Å². The molecule has 1 aliphatic heterocycles. The first-order chi connectivity index (χ1) is 9.72. The third-order valence-corrected chi connectivity index (χ3v) is 4.58. The van der Waals surface area contributed by atoms with Gasteiger partial charge in [0, 0.05) is 18.0 Å². The zero-order chi connectivity index (χ0) is 14.0. The number of fused-ring (bicyclic) bond motifs is 1. The summed E-state index contributed by atoms with van der Waals surface area (Å²) in [5.41, 5.74) is 7.51. The van der Waals surface area contributed by atoms with Crippen LogP contribution in [0.4, 0.5) is 0 Å². The number of nitrogens with two attached hydrogens (primary N) is 1. The Hall–Kier alpha value is -1.22. The highest BCUT2D eigenvalue weighted by molar-refractivity contribution is 5.44. The maximum absolute atomic E-state index is 6.39. The third-order valence-electron chi connectivity index (χ3n) is 4.58. The van der Waals surface area contributed by atoms with Crippen LogP contribution < -0.4 is 15.2 Å². The van der Waals surface area contributed by atoms with Gasteiger partial charge < -0.3 is 15.2 Å². The lowest BCUT2D eigenvalue weighted by atomic mass is 9.86. The Morgan fingerprint density at radius 3 is 2.90 bits per heavy atom. The third kappa shape index (κ3) is 2.64. The van der Waals surface area contributed by atoms with E-state index in [2.05, 4.69) is 13.0 Å². The molecule has 0 bridgehead atoms. The fourth-order valence-corrected chi connectivity index (χ4v) is 3.44. The molecule has 3 heteroatoms. The largest absolute Gasteiger partial charge is 0.494 e. The number of benzene rings is 1. The number of hydrogen-bond donors (Lipinski definition) is 1. The molecule has 1 aliphatic carbocycles. The van der Waals surface area contributed by atoms with Crippen LogP contribution in [-0.2, 0) is 0 Å². The van der Waals surface area contributed by atoms with E-state index in [-0.39, 0.29) is 11.6 Å². The smallest absolute Gasteiger partial charge is 0.125 e. The summed E-state index contributed by atoms with van der Waals surface area (Å²) >= 11 is 0. The van der Waals surface area contributed by atoms with Crippen LogP contribution in [0, 0.1) is 0 Å². The monoisotopic (exact) mass is 275 g/mol. The fourth-order valence-electron chi connectivity index (χ4n) is 3.44. The van der Waals surface area contributed by atoms with Crippen molar-refractivity contribution in [1.29, 1.82) is 0 Å². The van der Waals surface area contributed by atoms with Crippen LogP contribution in [0.2, 0.25) is 0 Å². The highest BCUT2D eigenvalue weighted by Gasteiger charge is 2.42. The second-order valence-electron chi connectivity index (χ2n) is 6.20. The zero-order valence-corrected chi connectivity index (χ0v) is 12.4. The molecular formula is C17H25NO2. The van der Waals surface area contributed by atoms with Gasteiger partial charge in [-0.1, -0.05) is 13.3 Å². The maximum Gasteiger partial charge on any atom is 0.125 e. The maximum atomic E-state index is 6.39. The van der Waals surface area contributed by atoms with Crippen LogP contribution in [-0.4, -0.2) is 12.2 Å². The summed E-state index contributed by atoms with van der Waals surface area (Å²) in [5.74, 6) is 1.88. The molecule has 1 atom stereocenters. The van der Waals surface area contributed by atoms with E-state index in [1.54, 1.807) is 0 Å². The van der Waals surface area contributed by atoms with Crippen LogP contribution in [0.25, 0.3) is 0 Å². The van der Waals surface area contributed by atoms with Crippen LogP contribution in [0.1, 0.15) is 63.5 Å². The number of ether oxygens (including phenoxy) is 2. The highest BCUT2D eigenvalue weighted by atomic mass is 16.5. The van der Waals surface area contributed by atoms with E-state index in [1.165, 1.54) is 12.8 Å². The summed E-state index contributed by atoms with van der Waals surface area (Å²) in [6, 6.07) is 6.19. The Kier molecular flexibility index (Phi) is 3.88. The minimum Gasteiger partial charge on any atom is -0.494 e. The highest BCUT2D eigenvalue weighted by Crippen LogP contribution is 2.47. The molecule has 0 saturated heterocycles. The molecule has 1 fully saturated rings. The van der Waals surface area contributed by atoms with Crippen molar-refractivity contribution in [3.63, 3.8) is 0 Å². The molecule has 1 unspecified atom stereocenters. The number of rotatable bonds is 4. The first-order valence-corrected chi connectivity index (χ1v) is 7.94. The molecule has 0 radical (unpaired) electrons. The molecule has 20 heavy (non-hydrogen) atoms. The SMILES string of the molecule is CCCCOc1ccc2c(c1)C(N)CC1(CCCC1)O2. The van der Waals surface area contributed by atoms with Crippen molar-refractivity contribution >= 4 is 0 Å². The van der Waals surface area contributed by atoms with Crippen LogP contribution in [0.5, 0.6) is 11.5 Å². The average Bonchev–Trinajstić information content (AvgIpc) is 2.87. The Bertz CT molecular complexity index is 466. The van der Waals surface area contributed by atoms with Crippen LogP contribution >= 0.6 is 0 Å². The van der Waals surface area contributed by atoms with Gasteiger partial charge in [-0.15, -0.1) is 0 Å². The summed E-state index contributed by atoms with van der Waals surface area (Å²) in [5, 5.41) is 0. The predicted molar refractivity (Wildman–Crippen MR) is 80.2 cm³/mol. The van der Waals surface area contributed by atoms with E-state index in [4.69, 9.17) is 15.2 Å². The second-order valence-corrected chi connectivity index (χ2v) is 6.20. The van der Waals surface area contributed by atoms with Gasteiger partial charge in [-0.2, -0.15) is 0 Å². The van der Waals surface area contributed by atoms with Crippen molar-refractivity contribution in [2.24, 2.45) is 5.73 Å². The minimum absolute atomic E-state index is 0.0109. The predicted octanol–water partition coefficient (Wildman–Crippen LogP) is 3.96. The van der Waals surface area contributed by atoms with Crippen molar-refractivity contribution in [1.82, 2.24) is 0 Å². The molecule has 2 N–H and O–H groups in total. The minimum atomic E-state index is 0.0109. The molecule has 3 rings (SSSR count). The fraction of sp³-hybridized carbons (Fsp3) is 0.647. The Labute approximate surface area is 121 Å². The molecule has 0 aromatic heterocycles. The van der Waals surface area contributed by atoms with E-state index >= 15 is 0 Å². The van der Waals surface area contributed by atoms with Gasteiger partial charge in [0.25, 0.3) is 0 Å². The Morgan fingerprint density at radius 2 is 2.15 bits per heavy atom. The van der Waals surface area contributed by atoms with Gasteiger partial charge in [0.15, 0.2) is 0 Å². The summed E-state index contributed by atoms with van der Waals surface area (Å²) in [6.45, 7) is 2.94. The van der Waals surface area contributed by atoms with Gasteiger partial charge in [-0.3, -0.25) is 0 Å². The van der Waals surface area contributed by atoms with Crippen molar-refractivity contribution < 1.29 is 9.47 Å². The Balaban J connectivity index is 1.77.